The van der Waals surface area contributed by atoms with E-state index in [4.69, 9.17) is 22.6 Å². The van der Waals surface area contributed by atoms with Gasteiger partial charge in [0.2, 0.25) is 0 Å². The summed E-state index contributed by atoms with van der Waals surface area (Å²) in [4.78, 5) is 3.83. The zero-order valence-corrected chi connectivity index (χ0v) is 8.76. The minimum atomic E-state index is -0.0944. The Hall–Kier alpha value is -1.78. The van der Waals surface area contributed by atoms with E-state index in [2.05, 4.69) is 4.98 Å². The van der Waals surface area contributed by atoms with Crippen LogP contribution in [0.2, 0.25) is 0 Å². The molecule has 0 aliphatic heterocycles. The van der Waals surface area contributed by atoms with E-state index in [9.17, 15) is 0 Å². The lowest BCUT2D eigenvalue weighted by Crippen LogP contribution is -2.15. The molecule has 5 heteroatoms. The third-order valence-electron chi connectivity index (χ3n) is 1.57. The first kappa shape index (κ1) is 12.2. The Bertz CT molecular complexity index is 332. The van der Waals surface area contributed by atoms with Crippen LogP contribution in [0, 0.1) is 12.3 Å². The van der Waals surface area contributed by atoms with Crippen molar-refractivity contribution in [1.82, 2.24) is 4.98 Å². The largest absolute Gasteiger partial charge is 0.384 e. The first-order valence-corrected chi connectivity index (χ1v) is 4.39. The van der Waals surface area contributed by atoms with Crippen molar-refractivity contribution in [2.24, 2.45) is 5.73 Å². The minimum absolute atomic E-state index is 0.0944. The predicted octanol–water partition coefficient (Wildman–Crippen LogP) is 0.865. The van der Waals surface area contributed by atoms with Gasteiger partial charge in [-0.05, 0) is 18.6 Å². The summed E-state index contributed by atoms with van der Waals surface area (Å²) in [7, 11) is 0. The number of hydrogen-bond donors (Lipinski definition) is 4. The second-order valence-electron chi connectivity index (χ2n) is 2.54. The molecule has 14 heavy (non-hydrogen) atoms. The average Bonchev–Trinajstić information content (AvgIpc) is 2.14. The summed E-state index contributed by atoms with van der Waals surface area (Å²) in [5.41, 5.74) is 17.4. The highest BCUT2D eigenvalue weighted by Crippen LogP contribution is 2.14. The average molecular weight is 195 g/mol. The summed E-state index contributed by atoms with van der Waals surface area (Å²) < 4.78 is 0. The highest BCUT2D eigenvalue weighted by molar-refractivity contribution is 5.99. The number of nitrogens with one attached hydrogen (secondary N) is 1. The van der Waals surface area contributed by atoms with Crippen molar-refractivity contribution in [3.8, 4) is 0 Å². The molecule has 0 aromatic carbocycles. The lowest BCUT2D eigenvalue weighted by atomic mass is 10.2. The Balaban J connectivity index is 0.000000791. The van der Waals surface area contributed by atoms with Crippen LogP contribution in [0.15, 0.2) is 6.07 Å². The number of amidine groups is 1. The molecule has 0 bridgehead atoms. The molecule has 7 N–H and O–H groups in total. The van der Waals surface area contributed by atoms with Gasteiger partial charge in [0, 0.05) is 0 Å². The monoisotopic (exact) mass is 195 g/mol. The van der Waals surface area contributed by atoms with Crippen LogP contribution in [0.5, 0.6) is 0 Å². The highest BCUT2D eigenvalue weighted by Gasteiger charge is 2.06. The van der Waals surface area contributed by atoms with Gasteiger partial charge < -0.3 is 17.2 Å². The first-order chi connectivity index (χ1) is 6.52. The van der Waals surface area contributed by atoms with Crippen LogP contribution in [0.3, 0.4) is 0 Å². The van der Waals surface area contributed by atoms with Crippen molar-refractivity contribution in [2.75, 3.05) is 11.5 Å². The van der Waals surface area contributed by atoms with Crippen LogP contribution in [0.4, 0.5) is 11.6 Å². The molecule has 0 saturated carbocycles. The molecular formula is C9H17N5. The van der Waals surface area contributed by atoms with Gasteiger partial charge in [-0.25, -0.2) is 4.98 Å². The van der Waals surface area contributed by atoms with Gasteiger partial charge in [-0.1, -0.05) is 13.8 Å². The topological polar surface area (TPSA) is 115 Å². The van der Waals surface area contributed by atoms with Crippen LogP contribution >= 0.6 is 0 Å². The predicted molar refractivity (Wildman–Crippen MR) is 60.2 cm³/mol. The fraction of sp³-hybridized carbons (Fsp3) is 0.333. The highest BCUT2D eigenvalue weighted by atomic mass is 14.9. The quantitative estimate of drug-likeness (QED) is 0.393. The Labute approximate surface area is 83.8 Å². The maximum atomic E-state index is 7.16. The van der Waals surface area contributed by atoms with Gasteiger partial charge in [-0.15, -0.1) is 0 Å². The summed E-state index contributed by atoms with van der Waals surface area (Å²) in [6, 6.07) is 1.65. The van der Waals surface area contributed by atoms with Gasteiger partial charge in [0.05, 0.1) is 5.56 Å². The van der Waals surface area contributed by atoms with E-state index in [0.717, 1.165) is 5.56 Å². The summed E-state index contributed by atoms with van der Waals surface area (Å²) in [5.74, 6) is 0.478. The third-order valence-corrected chi connectivity index (χ3v) is 1.57. The summed E-state index contributed by atoms with van der Waals surface area (Å²) in [6.07, 6.45) is 0. The van der Waals surface area contributed by atoms with Crippen LogP contribution in [0.1, 0.15) is 25.0 Å². The number of nitrogens with zero attached hydrogens (tertiary/aromatic N) is 1. The number of aryl methyl sites for hydroxylation is 1. The van der Waals surface area contributed by atoms with E-state index >= 15 is 0 Å². The Kier molecular flexibility index (Phi) is 4.42. The van der Waals surface area contributed by atoms with Crippen LogP contribution in [-0.4, -0.2) is 10.8 Å². The fourth-order valence-electron chi connectivity index (χ4n) is 0.858. The van der Waals surface area contributed by atoms with Crippen molar-refractivity contribution < 1.29 is 0 Å². The molecule has 1 aromatic heterocycles. The SMILES string of the molecule is CC.Cc1cc(C(=N)N)c(N)nc1N. The molecular weight excluding hydrogens is 178 g/mol. The molecule has 0 radical (unpaired) electrons. The minimum Gasteiger partial charge on any atom is -0.384 e. The maximum Gasteiger partial charge on any atom is 0.136 e. The van der Waals surface area contributed by atoms with Gasteiger partial charge in [0.15, 0.2) is 0 Å². The van der Waals surface area contributed by atoms with E-state index in [-0.39, 0.29) is 11.7 Å². The molecule has 1 heterocycles. The van der Waals surface area contributed by atoms with Crippen molar-refractivity contribution in [3.05, 3.63) is 17.2 Å². The molecule has 1 aromatic rings. The van der Waals surface area contributed by atoms with E-state index in [1.807, 2.05) is 13.8 Å². The zero-order valence-electron chi connectivity index (χ0n) is 8.76. The second-order valence-corrected chi connectivity index (χ2v) is 2.54. The normalized spacial score (nSPS) is 8.79. The summed E-state index contributed by atoms with van der Waals surface area (Å²) >= 11 is 0. The first-order valence-electron chi connectivity index (χ1n) is 4.39. The van der Waals surface area contributed by atoms with Gasteiger partial charge in [0.25, 0.3) is 0 Å². The van der Waals surface area contributed by atoms with E-state index in [1.54, 1.807) is 13.0 Å². The molecule has 0 saturated heterocycles. The zero-order chi connectivity index (χ0) is 11.3. The molecule has 0 amide bonds. The Morgan fingerprint density at radius 3 is 2.21 bits per heavy atom. The molecule has 0 aliphatic carbocycles. The maximum absolute atomic E-state index is 7.16. The van der Waals surface area contributed by atoms with Gasteiger partial charge in [0.1, 0.15) is 17.5 Å². The van der Waals surface area contributed by atoms with Crippen molar-refractivity contribution >= 4 is 17.5 Å². The number of hydrogen-bond acceptors (Lipinski definition) is 4. The summed E-state index contributed by atoms with van der Waals surface area (Å²) in [6.45, 7) is 5.79. The van der Waals surface area contributed by atoms with E-state index < -0.39 is 0 Å². The summed E-state index contributed by atoms with van der Waals surface area (Å²) in [5, 5.41) is 7.16. The van der Waals surface area contributed by atoms with Crippen molar-refractivity contribution in [3.63, 3.8) is 0 Å². The Morgan fingerprint density at radius 1 is 1.29 bits per heavy atom. The molecule has 0 spiro atoms. The molecule has 0 fully saturated rings. The Morgan fingerprint density at radius 2 is 1.79 bits per heavy atom. The number of aromatic nitrogens is 1. The number of pyridine rings is 1. The van der Waals surface area contributed by atoms with E-state index in [1.165, 1.54) is 0 Å². The van der Waals surface area contributed by atoms with Crippen LogP contribution < -0.4 is 17.2 Å². The molecule has 0 aliphatic rings. The van der Waals surface area contributed by atoms with Crippen molar-refractivity contribution in [1.29, 1.82) is 5.41 Å². The van der Waals surface area contributed by atoms with E-state index in [0.29, 0.717) is 11.4 Å². The lowest BCUT2D eigenvalue weighted by molar-refractivity contribution is 1.26. The molecule has 0 atom stereocenters. The third kappa shape index (κ3) is 2.62. The van der Waals surface area contributed by atoms with Crippen LogP contribution in [0.25, 0.3) is 0 Å². The number of nitrogens with two attached hydrogens (primary N) is 3. The smallest absolute Gasteiger partial charge is 0.136 e. The van der Waals surface area contributed by atoms with Gasteiger partial charge >= 0.3 is 0 Å². The number of rotatable bonds is 1. The van der Waals surface area contributed by atoms with Gasteiger partial charge in [-0.2, -0.15) is 0 Å². The second kappa shape index (κ2) is 5.06. The molecule has 78 valence electrons. The fourth-order valence-corrected chi connectivity index (χ4v) is 0.858. The molecule has 0 unspecified atom stereocenters. The van der Waals surface area contributed by atoms with Crippen molar-refractivity contribution in [2.45, 2.75) is 20.8 Å². The van der Waals surface area contributed by atoms with Crippen LogP contribution in [-0.2, 0) is 0 Å². The van der Waals surface area contributed by atoms with Gasteiger partial charge in [-0.3, -0.25) is 5.41 Å². The lowest BCUT2D eigenvalue weighted by Gasteiger charge is -2.05. The molecule has 5 nitrogen and oxygen atoms in total. The number of anilines is 2. The molecule has 1 rings (SSSR count). The number of nitrogen functional groups attached to an aromatic ring is 3. The standard InChI is InChI=1S/C7H11N5.C2H6/c1-3-2-4(5(8)9)7(11)12-6(3)10;1-2/h2H,1H3,(H3,8,9)(H4,10,11,12);1-2H3.